The largest absolute Gasteiger partial charge is 0.378 e. The van der Waals surface area contributed by atoms with Gasteiger partial charge in [-0.15, -0.1) is 0 Å². The highest BCUT2D eigenvalue weighted by Crippen LogP contribution is 2.15. The highest BCUT2D eigenvalue weighted by Gasteiger charge is 2.09. The Morgan fingerprint density at radius 1 is 1.10 bits per heavy atom. The maximum Gasteiger partial charge on any atom is 0.251 e. The van der Waals surface area contributed by atoms with Gasteiger partial charge in [0.1, 0.15) is 5.82 Å². The second-order valence-corrected chi connectivity index (χ2v) is 6.60. The Hall–Kier alpha value is -4.01. The van der Waals surface area contributed by atoms with Gasteiger partial charge in [0.05, 0.1) is 18.8 Å². The predicted molar refractivity (Wildman–Crippen MR) is 112 cm³/mol. The summed E-state index contributed by atoms with van der Waals surface area (Å²) in [5, 5.41) is 17.6. The normalized spacial score (nSPS) is 10.7. The van der Waals surface area contributed by atoms with Crippen LogP contribution < -0.4 is 10.6 Å². The van der Waals surface area contributed by atoms with Crippen LogP contribution >= 0.6 is 0 Å². The number of anilines is 1. The molecule has 0 saturated carbocycles. The van der Waals surface area contributed by atoms with Gasteiger partial charge in [0.2, 0.25) is 0 Å². The Morgan fingerprint density at radius 3 is 2.80 bits per heavy atom. The van der Waals surface area contributed by atoms with Crippen molar-refractivity contribution in [1.29, 1.82) is 0 Å². The number of hydrogen-bond donors (Lipinski definition) is 3. The third kappa shape index (κ3) is 4.52. The fraction of sp³-hybridized carbons (Fsp3) is 0.190. The van der Waals surface area contributed by atoms with Crippen LogP contribution in [0.4, 0.5) is 5.69 Å². The number of rotatable bonds is 8. The lowest BCUT2D eigenvalue weighted by Crippen LogP contribution is -2.24. The second-order valence-electron chi connectivity index (χ2n) is 6.60. The number of H-pyrrole nitrogens is 1. The molecular formula is C21H22N8O. The van der Waals surface area contributed by atoms with Crippen molar-refractivity contribution in [3.63, 3.8) is 0 Å². The molecule has 1 amide bonds. The van der Waals surface area contributed by atoms with Crippen LogP contribution in [0.2, 0.25) is 0 Å². The highest BCUT2D eigenvalue weighted by atomic mass is 16.1. The number of carbonyl (C=O) groups is 1. The third-order valence-electron chi connectivity index (χ3n) is 4.59. The van der Waals surface area contributed by atoms with Gasteiger partial charge in [0.15, 0.2) is 5.82 Å². The number of aryl methyl sites for hydroxylation is 1. The first kappa shape index (κ1) is 19.3. The summed E-state index contributed by atoms with van der Waals surface area (Å²) in [6.45, 7) is 3.67. The van der Waals surface area contributed by atoms with Crippen molar-refractivity contribution in [2.45, 2.75) is 26.6 Å². The van der Waals surface area contributed by atoms with Crippen molar-refractivity contribution in [3.8, 4) is 11.4 Å². The molecule has 0 aliphatic carbocycles. The molecule has 0 radical (unpaired) electrons. The van der Waals surface area contributed by atoms with E-state index in [-0.39, 0.29) is 5.91 Å². The Labute approximate surface area is 173 Å². The highest BCUT2D eigenvalue weighted by molar-refractivity contribution is 5.95. The van der Waals surface area contributed by atoms with E-state index in [1.54, 1.807) is 24.7 Å². The van der Waals surface area contributed by atoms with Crippen LogP contribution in [0.3, 0.4) is 0 Å². The average Bonchev–Trinajstić information content (AvgIpc) is 3.46. The number of benzene rings is 1. The first-order chi connectivity index (χ1) is 14.7. The Bertz CT molecular complexity index is 1120. The molecule has 4 rings (SSSR count). The fourth-order valence-electron chi connectivity index (χ4n) is 3.03. The molecule has 3 N–H and O–H groups in total. The number of nitrogens with one attached hydrogen (secondary N) is 3. The van der Waals surface area contributed by atoms with E-state index in [0.717, 1.165) is 23.5 Å². The SMILES string of the molecule is CCn1nccc1CNC(=O)c1cccc(NCc2nc(-c3ccncc3)n[nH]2)c1. The average molecular weight is 402 g/mol. The van der Waals surface area contributed by atoms with Gasteiger partial charge in [0.25, 0.3) is 5.91 Å². The minimum atomic E-state index is -0.137. The van der Waals surface area contributed by atoms with Crippen molar-refractivity contribution in [3.05, 3.63) is 78.1 Å². The van der Waals surface area contributed by atoms with Crippen molar-refractivity contribution < 1.29 is 4.79 Å². The van der Waals surface area contributed by atoms with Gasteiger partial charge < -0.3 is 10.6 Å². The van der Waals surface area contributed by atoms with Gasteiger partial charge in [-0.05, 0) is 43.3 Å². The quantitative estimate of drug-likeness (QED) is 0.418. The van der Waals surface area contributed by atoms with E-state index >= 15 is 0 Å². The number of carbonyl (C=O) groups excluding carboxylic acids is 1. The van der Waals surface area contributed by atoms with Crippen LogP contribution in [0.25, 0.3) is 11.4 Å². The lowest BCUT2D eigenvalue weighted by molar-refractivity contribution is 0.0950. The fourth-order valence-corrected chi connectivity index (χ4v) is 3.03. The topological polar surface area (TPSA) is 113 Å². The number of hydrogen-bond acceptors (Lipinski definition) is 6. The van der Waals surface area contributed by atoms with Crippen molar-refractivity contribution in [2.24, 2.45) is 0 Å². The molecule has 3 aromatic heterocycles. The van der Waals surface area contributed by atoms with Gasteiger partial charge in [-0.2, -0.15) is 10.2 Å². The summed E-state index contributed by atoms with van der Waals surface area (Å²) in [4.78, 5) is 21.0. The third-order valence-corrected chi connectivity index (χ3v) is 4.59. The summed E-state index contributed by atoms with van der Waals surface area (Å²) in [6, 6.07) is 13.0. The number of amides is 1. The molecule has 30 heavy (non-hydrogen) atoms. The Morgan fingerprint density at radius 2 is 1.97 bits per heavy atom. The van der Waals surface area contributed by atoms with E-state index in [1.807, 2.05) is 48.0 Å². The van der Waals surface area contributed by atoms with Crippen LogP contribution in [-0.2, 0) is 19.6 Å². The molecule has 0 unspecified atom stereocenters. The Kier molecular flexibility index (Phi) is 5.79. The maximum absolute atomic E-state index is 12.5. The molecule has 0 aliphatic rings. The zero-order valence-corrected chi connectivity index (χ0v) is 16.5. The molecule has 0 aliphatic heterocycles. The van der Waals surface area contributed by atoms with Gasteiger partial charge >= 0.3 is 0 Å². The van der Waals surface area contributed by atoms with Gasteiger partial charge in [-0.25, -0.2) is 4.98 Å². The van der Waals surface area contributed by atoms with E-state index in [9.17, 15) is 4.79 Å². The molecule has 1 aromatic carbocycles. The van der Waals surface area contributed by atoms with E-state index in [4.69, 9.17) is 0 Å². The number of aromatic amines is 1. The Balaban J connectivity index is 1.35. The zero-order chi connectivity index (χ0) is 20.8. The van der Waals surface area contributed by atoms with Gasteiger partial charge in [0, 0.05) is 41.9 Å². The minimum absolute atomic E-state index is 0.137. The number of nitrogens with zero attached hydrogens (tertiary/aromatic N) is 5. The molecule has 0 saturated heterocycles. The van der Waals surface area contributed by atoms with Crippen molar-refractivity contribution in [2.75, 3.05) is 5.32 Å². The van der Waals surface area contributed by atoms with Crippen LogP contribution in [0.5, 0.6) is 0 Å². The summed E-state index contributed by atoms with van der Waals surface area (Å²) in [5.74, 6) is 1.18. The number of pyridine rings is 1. The second kappa shape index (κ2) is 8.99. The van der Waals surface area contributed by atoms with Gasteiger partial charge in [-0.1, -0.05) is 6.07 Å². The van der Waals surface area contributed by atoms with Crippen LogP contribution in [0.1, 0.15) is 28.8 Å². The molecule has 9 nitrogen and oxygen atoms in total. The molecular weight excluding hydrogens is 380 g/mol. The van der Waals surface area contributed by atoms with Gasteiger partial charge in [-0.3, -0.25) is 19.6 Å². The molecule has 4 aromatic rings. The maximum atomic E-state index is 12.5. The summed E-state index contributed by atoms with van der Waals surface area (Å²) >= 11 is 0. The molecule has 3 heterocycles. The van der Waals surface area contributed by atoms with E-state index in [2.05, 4.69) is 35.9 Å². The molecule has 0 bridgehead atoms. The molecule has 152 valence electrons. The summed E-state index contributed by atoms with van der Waals surface area (Å²) in [6.07, 6.45) is 5.14. The monoisotopic (exact) mass is 402 g/mol. The number of aromatic nitrogens is 6. The van der Waals surface area contributed by atoms with E-state index in [0.29, 0.717) is 30.3 Å². The van der Waals surface area contributed by atoms with Crippen molar-refractivity contribution >= 4 is 11.6 Å². The minimum Gasteiger partial charge on any atom is -0.378 e. The lowest BCUT2D eigenvalue weighted by Gasteiger charge is -2.09. The summed E-state index contributed by atoms with van der Waals surface area (Å²) in [7, 11) is 0. The molecule has 0 atom stereocenters. The first-order valence-corrected chi connectivity index (χ1v) is 9.67. The smallest absolute Gasteiger partial charge is 0.251 e. The first-order valence-electron chi connectivity index (χ1n) is 9.67. The van der Waals surface area contributed by atoms with Crippen LogP contribution in [0.15, 0.2) is 61.1 Å². The van der Waals surface area contributed by atoms with Crippen LogP contribution in [-0.4, -0.2) is 35.9 Å². The standard InChI is InChI=1S/C21H22N8O/c1-2-29-18(8-11-25-29)13-24-21(30)16-4-3-5-17(12-16)23-14-19-26-20(28-27-19)15-6-9-22-10-7-15/h3-12,23H,2,13-14H2,1H3,(H,24,30)(H,26,27,28). The van der Waals surface area contributed by atoms with E-state index in [1.165, 1.54) is 0 Å². The molecule has 0 fully saturated rings. The molecule has 0 spiro atoms. The molecule has 9 heteroatoms. The summed E-state index contributed by atoms with van der Waals surface area (Å²) in [5.41, 5.74) is 3.27. The lowest BCUT2D eigenvalue weighted by atomic mass is 10.2. The van der Waals surface area contributed by atoms with Crippen molar-refractivity contribution in [1.82, 2.24) is 35.3 Å². The zero-order valence-electron chi connectivity index (χ0n) is 16.5. The van der Waals surface area contributed by atoms with Crippen LogP contribution in [0, 0.1) is 0 Å². The summed E-state index contributed by atoms with van der Waals surface area (Å²) < 4.78 is 1.86. The predicted octanol–water partition coefficient (Wildman–Crippen LogP) is 2.63. The van der Waals surface area contributed by atoms with E-state index < -0.39 is 0 Å².